The Hall–Kier alpha value is -1.21. The first kappa shape index (κ1) is 16.6. The van der Waals surface area contributed by atoms with E-state index in [-0.39, 0.29) is 24.7 Å². The number of aliphatic hydroxyl groups is 4. The van der Waals surface area contributed by atoms with Gasteiger partial charge in [-0.25, -0.2) is 4.79 Å². The van der Waals surface area contributed by atoms with Crippen molar-refractivity contribution in [3.8, 4) is 0 Å². The van der Waals surface area contributed by atoms with Gasteiger partial charge in [0.1, 0.15) is 6.10 Å². The van der Waals surface area contributed by atoms with Gasteiger partial charge in [-0.2, -0.15) is 0 Å². The van der Waals surface area contributed by atoms with E-state index in [4.69, 9.17) is 4.74 Å². The zero-order valence-electron chi connectivity index (χ0n) is 13.2. The first-order chi connectivity index (χ1) is 10.7. The highest BCUT2D eigenvalue weighted by Gasteiger charge is 2.64. The Kier molecular flexibility index (Phi) is 3.92. The van der Waals surface area contributed by atoms with E-state index in [9.17, 15) is 25.2 Å². The van der Waals surface area contributed by atoms with E-state index in [0.29, 0.717) is 12.0 Å². The van der Waals surface area contributed by atoms with Gasteiger partial charge in [-0.1, -0.05) is 18.7 Å². The molecule has 0 radical (unpaired) electrons. The van der Waals surface area contributed by atoms with Crippen molar-refractivity contribution in [1.82, 2.24) is 0 Å². The first-order valence-corrected chi connectivity index (χ1v) is 8.00. The molecule has 0 aromatic rings. The van der Waals surface area contributed by atoms with Crippen molar-refractivity contribution in [2.75, 3.05) is 0 Å². The van der Waals surface area contributed by atoms with E-state index in [1.54, 1.807) is 0 Å². The second-order valence-electron chi connectivity index (χ2n) is 7.26. The zero-order valence-corrected chi connectivity index (χ0v) is 13.2. The number of esters is 1. The summed E-state index contributed by atoms with van der Waals surface area (Å²) in [6, 6.07) is 0. The maximum atomic E-state index is 12.3. The van der Waals surface area contributed by atoms with Gasteiger partial charge in [0.25, 0.3) is 0 Å². The lowest BCUT2D eigenvalue weighted by molar-refractivity contribution is -0.160. The molecule has 1 saturated heterocycles. The van der Waals surface area contributed by atoms with E-state index in [0.717, 1.165) is 5.57 Å². The van der Waals surface area contributed by atoms with Crippen LogP contribution in [0.15, 0.2) is 24.3 Å². The summed E-state index contributed by atoms with van der Waals surface area (Å²) in [6.45, 7) is 9.40. The fourth-order valence-electron chi connectivity index (χ4n) is 4.64. The first-order valence-electron chi connectivity index (χ1n) is 8.00. The van der Waals surface area contributed by atoms with Crippen LogP contribution in [0.2, 0.25) is 0 Å². The van der Waals surface area contributed by atoms with Crippen LogP contribution in [0.25, 0.3) is 0 Å². The highest BCUT2D eigenvalue weighted by molar-refractivity contribution is 5.82. The predicted molar refractivity (Wildman–Crippen MR) is 81.1 cm³/mol. The molecule has 3 rings (SSSR count). The van der Waals surface area contributed by atoms with Crippen LogP contribution >= 0.6 is 0 Å². The van der Waals surface area contributed by atoms with Gasteiger partial charge in [0.15, 0.2) is 5.60 Å². The normalized spacial score (nSPS) is 47.8. The highest BCUT2D eigenvalue weighted by Crippen LogP contribution is 2.54. The quantitative estimate of drug-likeness (QED) is 0.417. The van der Waals surface area contributed by atoms with Crippen LogP contribution < -0.4 is 0 Å². The third-order valence-corrected chi connectivity index (χ3v) is 5.64. The van der Waals surface area contributed by atoms with Crippen LogP contribution in [0.3, 0.4) is 0 Å². The van der Waals surface area contributed by atoms with E-state index < -0.39 is 41.9 Å². The molecule has 0 bridgehead atoms. The molecule has 6 nitrogen and oxygen atoms in total. The second-order valence-corrected chi connectivity index (χ2v) is 7.26. The Morgan fingerprint density at radius 2 is 2.04 bits per heavy atom. The summed E-state index contributed by atoms with van der Waals surface area (Å²) in [5.74, 6) is -2.21. The maximum Gasteiger partial charge on any atom is 0.339 e. The monoisotopic (exact) mass is 324 g/mol. The van der Waals surface area contributed by atoms with Crippen LogP contribution in [0.4, 0.5) is 0 Å². The van der Waals surface area contributed by atoms with Crippen LogP contribution in [-0.2, 0) is 9.53 Å². The molecule has 1 heterocycles. The lowest BCUT2D eigenvalue weighted by Gasteiger charge is -2.32. The molecule has 2 aliphatic carbocycles. The van der Waals surface area contributed by atoms with Gasteiger partial charge >= 0.3 is 5.97 Å². The van der Waals surface area contributed by atoms with Crippen molar-refractivity contribution in [2.24, 2.45) is 17.8 Å². The van der Waals surface area contributed by atoms with Crippen LogP contribution in [0.1, 0.15) is 26.2 Å². The van der Waals surface area contributed by atoms with Crippen molar-refractivity contribution < 1.29 is 30.0 Å². The number of carbonyl (C=O) groups excluding carboxylic acids is 1. The molecule has 6 heteroatoms. The Morgan fingerprint density at radius 3 is 2.65 bits per heavy atom. The van der Waals surface area contributed by atoms with E-state index in [1.165, 1.54) is 6.92 Å². The molecule has 4 N–H and O–H groups in total. The van der Waals surface area contributed by atoms with Crippen LogP contribution in [0, 0.1) is 17.8 Å². The average Bonchev–Trinajstić information content (AvgIpc) is 2.81. The summed E-state index contributed by atoms with van der Waals surface area (Å²) in [7, 11) is 0. The zero-order chi connectivity index (χ0) is 17.1. The van der Waals surface area contributed by atoms with E-state index in [2.05, 4.69) is 13.2 Å². The molecule has 0 unspecified atom stereocenters. The van der Waals surface area contributed by atoms with Crippen LogP contribution in [0.5, 0.6) is 0 Å². The van der Waals surface area contributed by atoms with Crippen molar-refractivity contribution in [3.05, 3.63) is 24.3 Å². The lowest BCUT2D eigenvalue weighted by atomic mass is 9.74. The second kappa shape index (κ2) is 5.41. The summed E-state index contributed by atoms with van der Waals surface area (Å²) >= 11 is 0. The van der Waals surface area contributed by atoms with Crippen molar-refractivity contribution >= 4 is 5.97 Å². The van der Waals surface area contributed by atoms with Crippen molar-refractivity contribution in [2.45, 2.75) is 56.2 Å². The van der Waals surface area contributed by atoms with E-state index >= 15 is 0 Å². The van der Waals surface area contributed by atoms with Crippen molar-refractivity contribution in [1.29, 1.82) is 0 Å². The van der Waals surface area contributed by atoms with Gasteiger partial charge in [-0.05, 0) is 31.3 Å². The Morgan fingerprint density at radius 1 is 1.39 bits per heavy atom. The molecule has 3 fully saturated rings. The molecule has 23 heavy (non-hydrogen) atoms. The van der Waals surface area contributed by atoms with Crippen LogP contribution in [-0.4, -0.2) is 56.4 Å². The molecule has 0 amide bonds. The summed E-state index contributed by atoms with van der Waals surface area (Å²) in [5, 5.41) is 41.2. The fraction of sp³-hybridized carbons (Fsp3) is 0.706. The number of hydrogen-bond acceptors (Lipinski definition) is 6. The summed E-state index contributed by atoms with van der Waals surface area (Å²) in [4.78, 5) is 12.3. The molecule has 128 valence electrons. The van der Waals surface area contributed by atoms with Crippen molar-refractivity contribution in [3.63, 3.8) is 0 Å². The third-order valence-electron chi connectivity index (χ3n) is 5.64. The van der Waals surface area contributed by atoms with Gasteiger partial charge in [0.2, 0.25) is 0 Å². The largest absolute Gasteiger partial charge is 0.459 e. The number of fused-ring (bicyclic) bond motifs is 3. The molecule has 0 aromatic carbocycles. The minimum absolute atomic E-state index is 0.135. The molecular formula is C17H24O6. The van der Waals surface area contributed by atoms with Gasteiger partial charge in [-0.15, -0.1) is 0 Å². The minimum atomic E-state index is -1.94. The molecule has 8 atom stereocenters. The summed E-state index contributed by atoms with van der Waals surface area (Å²) in [6.07, 6.45) is -2.94. The molecule has 0 spiro atoms. The predicted octanol–water partition coefficient (Wildman–Crippen LogP) is -0.0960. The highest BCUT2D eigenvalue weighted by atomic mass is 16.6. The SMILES string of the molecule is C=C1[C@@H]2[C@H]3OC(=O)[C@@](O)(C[C@@H](C)O)[C@@H]3[C@@H](O)CC(=C)[C@@H]2C[C@@H]1O. The van der Waals surface area contributed by atoms with Gasteiger partial charge in [0.05, 0.1) is 24.2 Å². The number of rotatable bonds is 2. The number of hydrogen-bond donors (Lipinski definition) is 4. The number of carbonyl (C=O) groups is 1. The molecular weight excluding hydrogens is 300 g/mol. The molecule has 3 aliphatic rings. The Labute approximate surface area is 135 Å². The standard InChI is InChI=1S/C17H24O6/c1-7-4-12(20)14-15(13-9(3)11(19)5-10(7)13)23-16(21)17(14,22)6-8(2)18/h8,10-15,18-20,22H,1,3-6H2,2H3/t8-,10+,11+,12+,13+,14-,15-,17-/m1/s1. The number of ether oxygens (including phenoxy) is 1. The minimum Gasteiger partial charge on any atom is -0.459 e. The molecule has 1 aliphatic heterocycles. The summed E-state index contributed by atoms with van der Waals surface area (Å²) < 4.78 is 5.44. The fourth-order valence-corrected chi connectivity index (χ4v) is 4.64. The average molecular weight is 324 g/mol. The lowest BCUT2D eigenvalue weighted by Crippen LogP contribution is -2.50. The van der Waals surface area contributed by atoms with E-state index in [1.807, 2.05) is 0 Å². The Balaban J connectivity index is 2.04. The molecule has 2 saturated carbocycles. The third kappa shape index (κ3) is 2.36. The number of aliphatic hydroxyl groups excluding tert-OH is 3. The van der Waals surface area contributed by atoms with Gasteiger partial charge in [0, 0.05) is 12.3 Å². The maximum absolute atomic E-state index is 12.3. The Bertz CT molecular complexity index is 555. The molecule has 0 aromatic heterocycles. The smallest absolute Gasteiger partial charge is 0.339 e. The topological polar surface area (TPSA) is 107 Å². The summed E-state index contributed by atoms with van der Waals surface area (Å²) in [5.41, 5.74) is -0.624. The van der Waals surface area contributed by atoms with Gasteiger partial charge < -0.3 is 25.2 Å². The van der Waals surface area contributed by atoms with Gasteiger partial charge in [-0.3, -0.25) is 0 Å².